The van der Waals surface area contributed by atoms with Gasteiger partial charge in [-0.15, -0.1) is 0 Å². The Morgan fingerprint density at radius 1 is 1.33 bits per heavy atom. The summed E-state index contributed by atoms with van der Waals surface area (Å²) in [5.74, 6) is 0.416. The van der Waals surface area contributed by atoms with E-state index in [1.807, 2.05) is 6.20 Å². The fourth-order valence-corrected chi connectivity index (χ4v) is 3.39. The van der Waals surface area contributed by atoms with Crippen LogP contribution in [0.2, 0.25) is 0 Å². The minimum atomic E-state index is -0.241. The Morgan fingerprint density at radius 2 is 2.11 bits per heavy atom. The number of carbonyl (C=O) groups excluding carboxylic acids is 1. The Kier molecular flexibility index (Phi) is 6.32. The van der Waals surface area contributed by atoms with Crippen LogP contribution in [-0.2, 0) is 11.2 Å². The number of aromatic nitrogens is 1. The van der Waals surface area contributed by atoms with E-state index < -0.39 is 0 Å². The third-order valence-corrected chi connectivity index (χ3v) is 4.98. The number of aromatic amines is 1. The lowest BCUT2D eigenvalue weighted by Gasteiger charge is -2.18. The highest BCUT2D eigenvalue weighted by atomic mass is 19.1. The highest BCUT2D eigenvalue weighted by molar-refractivity contribution is 5.85. The third-order valence-electron chi connectivity index (χ3n) is 4.98. The minimum absolute atomic E-state index is 0.0267. The van der Waals surface area contributed by atoms with Gasteiger partial charge in [0.1, 0.15) is 12.4 Å². The van der Waals surface area contributed by atoms with Crippen molar-refractivity contribution in [1.29, 1.82) is 0 Å². The van der Waals surface area contributed by atoms with E-state index in [0.717, 1.165) is 35.7 Å². The van der Waals surface area contributed by atoms with Crippen molar-refractivity contribution in [2.24, 2.45) is 4.99 Å². The Balaban J connectivity index is 1.60. The van der Waals surface area contributed by atoms with Crippen LogP contribution in [0.4, 0.5) is 4.39 Å². The molecule has 1 saturated carbocycles. The third kappa shape index (κ3) is 5.21. The molecule has 1 amide bonds. The first-order chi connectivity index (χ1) is 13.0. The average Bonchev–Trinajstić information content (AvgIpc) is 3.28. The van der Waals surface area contributed by atoms with Crippen LogP contribution in [0.15, 0.2) is 29.4 Å². The molecule has 2 aromatic rings. The summed E-state index contributed by atoms with van der Waals surface area (Å²) in [6.45, 7) is 0.806. The molecule has 0 unspecified atom stereocenters. The number of amides is 1. The molecule has 0 aliphatic heterocycles. The second-order valence-corrected chi connectivity index (χ2v) is 7.26. The molecule has 0 bridgehead atoms. The average molecular weight is 373 g/mol. The fraction of sp³-hybridized carbons (Fsp3) is 0.500. The van der Waals surface area contributed by atoms with E-state index in [2.05, 4.69) is 20.6 Å². The molecular formula is C20H28FN5O. The fourth-order valence-electron chi connectivity index (χ4n) is 3.39. The Morgan fingerprint density at radius 3 is 2.85 bits per heavy atom. The van der Waals surface area contributed by atoms with E-state index in [9.17, 15) is 9.18 Å². The maximum atomic E-state index is 13.3. The van der Waals surface area contributed by atoms with Gasteiger partial charge in [-0.1, -0.05) is 12.8 Å². The molecule has 1 aliphatic carbocycles. The molecule has 146 valence electrons. The van der Waals surface area contributed by atoms with Gasteiger partial charge in [-0.2, -0.15) is 0 Å². The van der Waals surface area contributed by atoms with Gasteiger partial charge < -0.3 is 20.5 Å². The highest BCUT2D eigenvalue weighted by Crippen LogP contribution is 2.19. The SMILES string of the molecule is CN(C)C(=O)CN=C(NCCc1c[nH]c2cc(F)ccc12)NC1CCCC1. The van der Waals surface area contributed by atoms with Gasteiger partial charge in [-0.3, -0.25) is 4.79 Å². The topological polar surface area (TPSA) is 72.5 Å². The molecule has 1 fully saturated rings. The van der Waals surface area contributed by atoms with Crippen molar-refractivity contribution in [3.8, 4) is 0 Å². The van der Waals surface area contributed by atoms with E-state index in [1.165, 1.54) is 25.0 Å². The minimum Gasteiger partial charge on any atom is -0.361 e. The molecule has 0 saturated heterocycles. The smallest absolute Gasteiger partial charge is 0.243 e. The number of H-pyrrole nitrogens is 1. The molecule has 1 aliphatic rings. The molecule has 0 spiro atoms. The van der Waals surface area contributed by atoms with Crippen LogP contribution >= 0.6 is 0 Å². The Labute approximate surface area is 159 Å². The molecular weight excluding hydrogens is 345 g/mol. The first kappa shape index (κ1) is 19.2. The summed E-state index contributed by atoms with van der Waals surface area (Å²) in [5, 5.41) is 7.81. The van der Waals surface area contributed by atoms with Crippen molar-refractivity contribution in [1.82, 2.24) is 20.5 Å². The summed E-state index contributed by atoms with van der Waals surface area (Å²) < 4.78 is 13.3. The van der Waals surface area contributed by atoms with Crippen LogP contribution in [0, 0.1) is 5.82 Å². The van der Waals surface area contributed by atoms with Crippen molar-refractivity contribution < 1.29 is 9.18 Å². The molecule has 27 heavy (non-hydrogen) atoms. The van der Waals surface area contributed by atoms with E-state index >= 15 is 0 Å². The second-order valence-electron chi connectivity index (χ2n) is 7.26. The van der Waals surface area contributed by atoms with Gasteiger partial charge in [0.15, 0.2) is 5.96 Å². The van der Waals surface area contributed by atoms with Gasteiger partial charge >= 0.3 is 0 Å². The van der Waals surface area contributed by atoms with E-state index in [4.69, 9.17) is 0 Å². The zero-order valence-electron chi connectivity index (χ0n) is 16.0. The standard InChI is InChI=1S/C20H28FN5O/c1-26(2)19(27)13-24-20(25-16-5-3-4-6-16)22-10-9-14-12-23-18-11-15(21)7-8-17(14)18/h7-8,11-12,16,23H,3-6,9-10,13H2,1-2H3,(H2,22,24,25). The molecule has 7 heteroatoms. The van der Waals surface area contributed by atoms with Crippen molar-refractivity contribution in [3.63, 3.8) is 0 Å². The number of nitrogens with zero attached hydrogens (tertiary/aromatic N) is 2. The van der Waals surface area contributed by atoms with Crippen molar-refractivity contribution in [3.05, 3.63) is 35.8 Å². The Hall–Kier alpha value is -2.57. The lowest BCUT2D eigenvalue weighted by Crippen LogP contribution is -2.43. The van der Waals surface area contributed by atoms with Crippen LogP contribution in [0.25, 0.3) is 10.9 Å². The number of hydrogen-bond acceptors (Lipinski definition) is 2. The maximum Gasteiger partial charge on any atom is 0.243 e. The molecule has 0 atom stereocenters. The van der Waals surface area contributed by atoms with Gasteiger partial charge in [-0.25, -0.2) is 9.38 Å². The first-order valence-electron chi connectivity index (χ1n) is 9.53. The van der Waals surface area contributed by atoms with Gasteiger partial charge in [0.2, 0.25) is 5.91 Å². The number of hydrogen-bond donors (Lipinski definition) is 3. The highest BCUT2D eigenvalue weighted by Gasteiger charge is 2.16. The number of rotatable bonds is 6. The summed E-state index contributed by atoms with van der Waals surface area (Å²) in [6.07, 6.45) is 7.43. The zero-order chi connectivity index (χ0) is 19.2. The molecule has 0 radical (unpaired) electrons. The van der Waals surface area contributed by atoms with Crippen LogP contribution in [0.5, 0.6) is 0 Å². The second kappa shape index (κ2) is 8.88. The number of fused-ring (bicyclic) bond motifs is 1. The largest absolute Gasteiger partial charge is 0.361 e. The summed E-state index contributed by atoms with van der Waals surface area (Å²) >= 11 is 0. The molecule has 1 aromatic carbocycles. The van der Waals surface area contributed by atoms with Crippen LogP contribution < -0.4 is 10.6 Å². The van der Waals surface area contributed by atoms with Gasteiger partial charge in [-0.05, 0) is 43.0 Å². The lowest BCUT2D eigenvalue weighted by atomic mass is 10.1. The van der Waals surface area contributed by atoms with E-state index in [0.29, 0.717) is 18.5 Å². The normalized spacial score (nSPS) is 15.3. The quantitative estimate of drug-likeness (QED) is 0.538. The zero-order valence-corrected chi connectivity index (χ0v) is 16.0. The van der Waals surface area contributed by atoms with Gasteiger partial charge in [0, 0.05) is 43.8 Å². The molecule has 3 N–H and O–H groups in total. The van der Waals surface area contributed by atoms with Crippen molar-refractivity contribution in [2.75, 3.05) is 27.2 Å². The number of aliphatic imine (C=N–C) groups is 1. The summed E-state index contributed by atoms with van der Waals surface area (Å²) in [4.78, 5) is 21.0. The molecule has 6 nitrogen and oxygen atoms in total. The number of halogens is 1. The summed E-state index contributed by atoms with van der Waals surface area (Å²) in [7, 11) is 3.46. The summed E-state index contributed by atoms with van der Waals surface area (Å²) in [5.41, 5.74) is 1.93. The summed E-state index contributed by atoms with van der Waals surface area (Å²) in [6, 6.07) is 5.21. The predicted octanol–water partition coefficient (Wildman–Crippen LogP) is 2.42. The number of guanidine groups is 1. The first-order valence-corrected chi connectivity index (χ1v) is 9.53. The number of likely N-dealkylation sites (N-methyl/N-ethyl adjacent to an activating group) is 1. The van der Waals surface area contributed by atoms with E-state index in [1.54, 1.807) is 25.1 Å². The number of carbonyl (C=O) groups is 1. The van der Waals surface area contributed by atoms with Crippen LogP contribution in [0.3, 0.4) is 0 Å². The van der Waals surface area contributed by atoms with E-state index in [-0.39, 0.29) is 18.3 Å². The monoisotopic (exact) mass is 373 g/mol. The van der Waals surface area contributed by atoms with Gasteiger partial charge in [0.05, 0.1) is 0 Å². The maximum absolute atomic E-state index is 13.3. The number of benzene rings is 1. The van der Waals surface area contributed by atoms with Crippen molar-refractivity contribution >= 4 is 22.8 Å². The lowest BCUT2D eigenvalue weighted by molar-refractivity contribution is -0.127. The number of nitrogens with one attached hydrogen (secondary N) is 3. The van der Waals surface area contributed by atoms with Gasteiger partial charge in [0.25, 0.3) is 0 Å². The predicted molar refractivity (Wildman–Crippen MR) is 106 cm³/mol. The van der Waals surface area contributed by atoms with Crippen molar-refractivity contribution in [2.45, 2.75) is 38.1 Å². The molecule has 1 aromatic heterocycles. The molecule has 1 heterocycles. The van der Waals surface area contributed by atoms with Crippen LogP contribution in [0.1, 0.15) is 31.2 Å². The molecule has 3 rings (SSSR count). The Bertz CT molecular complexity index is 808. The van der Waals surface area contributed by atoms with Crippen LogP contribution in [-0.4, -0.2) is 55.0 Å².